The Bertz CT molecular complexity index is 519. The number of carbonyl (C=O) groups excluding carboxylic acids is 1. The highest BCUT2D eigenvalue weighted by Crippen LogP contribution is 2.28. The van der Waals surface area contributed by atoms with Crippen LogP contribution in [-0.2, 0) is 25.4 Å². The second kappa shape index (κ2) is 8.55. The molecule has 0 bridgehead atoms. The molecule has 6 nitrogen and oxygen atoms in total. The lowest BCUT2D eigenvalue weighted by Gasteiger charge is -2.30. The first-order chi connectivity index (χ1) is 11.8. The molecule has 24 heavy (non-hydrogen) atoms. The van der Waals surface area contributed by atoms with Crippen molar-refractivity contribution in [3.8, 4) is 0 Å². The first-order valence-electron chi connectivity index (χ1n) is 8.67. The molecule has 0 spiro atoms. The van der Waals surface area contributed by atoms with Crippen LogP contribution in [0.2, 0.25) is 0 Å². The summed E-state index contributed by atoms with van der Waals surface area (Å²) in [6, 6.07) is 4.08. The van der Waals surface area contributed by atoms with Crippen LogP contribution in [0.5, 0.6) is 0 Å². The van der Waals surface area contributed by atoms with Gasteiger partial charge in [0.05, 0.1) is 37.9 Å². The van der Waals surface area contributed by atoms with E-state index < -0.39 is 0 Å². The summed E-state index contributed by atoms with van der Waals surface area (Å²) in [6.07, 6.45) is 6.13. The molecule has 3 heterocycles. The van der Waals surface area contributed by atoms with E-state index in [0.29, 0.717) is 26.4 Å². The topological polar surface area (TPSA) is 60.9 Å². The van der Waals surface area contributed by atoms with Crippen LogP contribution < -0.4 is 0 Å². The van der Waals surface area contributed by atoms with Gasteiger partial charge in [0.2, 0.25) is 5.91 Å². The molecule has 2 aliphatic heterocycles. The van der Waals surface area contributed by atoms with Crippen molar-refractivity contribution in [2.75, 3.05) is 40.1 Å². The Hall–Kier alpha value is -1.50. The largest absolute Gasteiger partial charge is 0.382 e. The van der Waals surface area contributed by atoms with Crippen molar-refractivity contribution >= 4 is 5.91 Å². The molecule has 0 aromatic carbocycles. The third-order valence-corrected chi connectivity index (χ3v) is 4.86. The average molecular weight is 334 g/mol. The van der Waals surface area contributed by atoms with Crippen LogP contribution in [0.25, 0.3) is 0 Å². The first-order valence-corrected chi connectivity index (χ1v) is 8.67. The number of likely N-dealkylation sites (tertiary alicyclic amines) is 1. The summed E-state index contributed by atoms with van der Waals surface area (Å²) >= 11 is 0. The van der Waals surface area contributed by atoms with Crippen LogP contribution in [0.4, 0.5) is 0 Å². The van der Waals surface area contributed by atoms with E-state index in [1.54, 1.807) is 19.5 Å². The maximum absolute atomic E-state index is 12.9. The molecule has 1 aromatic rings. The maximum atomic E-state index is 12.9. The van der Waals surface area contributed by atoms with E-state index in [1.165, 1.54) is 5.56 Å². The van der Waals surface area contributed by atoms with Crippen molar-refractivity contribution in [2.45, 2.75) is 31.4 Å². The Kier molecular flexibility index (Phi) is 6.18. The summed E-state index contributed by atoms with van der Waals surface area (Å²) in [6.45, 7) is 3.12. The second-order valence-electron chi connectivity index (χ2n) is 6.41. The lowest BCUT2D eigenvalue weighted by atomic mass is 10.0. The Balaban J connectivity index is 1.70. The number of hydrogen-bond donors (Lipinski definition) is 0. The van der Waals surface area contributed by atoms with E-state index in [2.05, 4.69) is 4.98 Å². The highest BCUT2D eigenvalue weighted by atomic mass is 16.5. The highest BCUT2D eigenvalue weighted by Gasteiger charge is 2.40. The van der Waals surface area contributed by atoms with Gasteiger partial charge in [-0.2, -0.15) is 0 Å². The number of nitrogens with zero attached hydrogens (tertiary/aromatic N) is 2. The van der Waals surface area contributed by atoms with Crippen molar-refractivity contribution < 1.29 is 19.0 Å². The summed E-state index contributed by atoms with van der Waals surface area (Å²) in [5, 5.41) is 0. The normalized spacial score (nSPS) is 26.9. The molecule has 6 heteroatoms. The van der Waals surface area contributed by atoms with Gasteiger partial charge in [-0.25, -0.2) is 0 Å². The van der Waals surface area contributed by atoms with E-state index in [1.807, 2.05) is 17.0 Å². The number of aromatic nitrogens is 1. The van der Waals surface area contributed by atoms with Crippen molar-refractivity contribution in [3.05, 3.63) is 30.1 Å². The Morgan fingerprint density at radius 1 is 1.33 bits per heavy atom. The Labute approximate surface area is 143 Å². The minimum absolute atomic E-state index is 0.00247. The quantitative estimate of drug-likeness (QED) is 0.703. The van der Waals surface area contributed by atoms with Gasteiger partial charge in [0.15, 0.2) is 0 Å². The molecule has 0 N–H and O–H groups in total. The van der Waals surface area contributed by atoms with Crippen LogP contribution in [0.15, 0.2) is 24.5 Å². The molecule has 1 amide bonds. The van der Waals surface area contributed by atoms with Gasteiger partial charge in [-0.05, 0) is 37.0 Å². The van der Waals surface area contributed by atoms with Crippen LogP contribution in [0, 0.1) is 5.92 Å². The number of amides is 1. The van der Waals surface area contributed by atoms with E-state index in [0.717, 1.165) is 25.8 Å². The molecule has 1 aromatic heterocycles. The SMILES string of the molecule is COCCO[C@@H]1CCN(C(=O)C2CCOC2)[C@H]1Cc1ccncc1. The molecule has 2 fully saturated rings. The zero-order valence-electron chi connectivity index (χ0n) is 14.2. The third-order valence-electron chi connectivity index (χ3n) is 4.86. The van der Waals surface area contributed by atoms with Crippen LogP contribution in [0.3, 0.4) is 0 Å². The van der Waals surface area contributed by atoms with Crippen molar-refractivity contribution in [1.29, 1.82) is 0 Å². The van der Waals surface area contributed by atoms with Gasteiger partial charge in [0.25, 0.3) is 0 Å². The predicted molar refractivity (Wildman–Crippen MR) is 88.6 cm³/mol. The molecular formula is C18H26N2O4. The molecule has 3 atom stereocenters. The fourth-order valence-corrected chi connectivity index (χ4v) is 3.54. The Morgan fingerprint density at radius 2 is 2.17 bits per heavy atom. The zero-order valence-corrected chi connectivity index (χ0v) is 14.2. The molecule has 2 aliphatic rings. The maximum Gasteiger partial charge on any atom is 0.228 e. The minimum atomic E-state index is 0.00247. The number of carbonyl (C=O) groups is 1. The second-order valence-corrected chi connectivity index (χ2v) is 6.41. The number of ether oxygens (including phenoxy) is 3. The fraction of sp³-hybridized carbons (Fsp3) is 0.667. The molecule has 2 saturated heterocycles. The Morgan fingerprint density at radius 3 is 2.88 bits per heavy atom. The predicted octanol–water partition coefficient (Wildman–Crippen LogP) is 1.29. The average Bonchev–Trinajstić information content (AvgIpc) is 3.26. The number of rotatable bonds is 7. The van der Waals surface area contributed by atoms with Gasteiger partial charge in [0, 0.05) is 32.7 Å². The summed E-state index contributed by atoms with van der Waals surface area (Å²) in [5.41, 5.74) is 1.18. The van der Waals surface area contributed by atoms with Crippen molar-refractivity contribution in [3.63, 3.8) is 0 Å². The van der Waals surface area contributed by atoms with E-state index >= 15 is 0 Å². The minimum Gasteiger partial charge on any atom is -0.382 e. The summed E-state index contributed by atoms with van der Waals surface area (Å²) < 4.78 is 16.5. The highest BCUT2D eigenvalue weighted by molar-refractivity contribution is 5.80. The third kappa shape index (κ3) is 4.12. The summed E-state index contributed by atoms with van der Waals surface area (Å²) in [5.74, 6) is 0.215. The number of methoxy groups -OCH3 is 1. The van der Waals surface area contributed by atoms with Gasteiger partial charge in [-0.15, -0.1) is 0 Å². The fourth-order valence-electron chi connectivity index (χ4n) is 3.54. The smallest absolute Gasteiger partial charge is 0.228 e. The molecule has 132 valence electrons. The standard InChI is InChI=1S/C18H26N2O4/c1-22-10-11-24-17-4-8-20(18(21)15-5-9-23-13-15)16(17)12-14-2-6-19-7-3-14/h2-3,6-7,15-17H,4-5,8-13H2,1H3/t15?,16-,17+/m0/s1. The first kappa shape index (κ1) is 17.3. The molecule has 0 aliphatic carbocycles. The van der Waals surface area contributed by atoms with Gasteiger partial charge in [0.1, 0.15) is 0 Å². The molecule has 0 radical (unpaired) electrons. The lowest BCUT2D eigenvalue weighted by Crippen LogP contribution is -2.45. The van der Waals surface area contributed by atoms with Gasteiger partial charge in [-0.3, -0.25) is 9.78 Å². The van der Waals surface area contributed by atoms with Crippen molar-refractivity contribution in [1.82, 2.24) is 9.88 Å². The number of pyridine rings is 1. The molecule has 1 unspecified atom stereocenters. The van der Waals surface area contributed by atoms with Gasteiger partial charge >= 0.3 is 0 Å². The van der Waals surface area contributed by atoms with E-state index in [9.17, 15) is 4.79 Å². The van der Waals surface area contributed by atoms with E-state index in [4.69, 9.17) is 14.2 Å². The van der Waals surface area contributed by atoms with Crippen LogP contribution in [0.1, 0.15) is 18.4 Å². The number of hydrogen-bond acceptors (Lipinski definition) is 5. The zero-order chi connectivity index (χ0) is 16.8. The van der Waals surface area contributed by atoms with Gasteiger partial charge < -0.3 is 19.1 Å². The van der Waals surface area contributed by atoms with Gasteiger partial charge in [-0.1, -0.05) is 0 Å². The summed E-state index contributed by atoms with van der Waals surface area (Å²) in [4.78, 5) is 19.0. The summed E-state index contributed by atoms with van der Waals surface area (Å²) in [7, 11) is 1.67. The molecular weight excluding hydrogens is 308 g/mol. The van der Waals surface area contributed by atoms with Crippen molar-refractivity contribution in [2.24, 2.45) is 5.92 Å². The van der Waals surface area contributed by atoms with Crippen LogP contribution in [-0.4, -0.2) is 68.0 Å². The van der Waals surface area contributed by atoms with Crippen LogP contribution >= 0.6 is 0 Å². The molecule has 0 saturated carbocycles. The lowest BCUT2D eigenvalue weighted by molar-refractivity contribution is -0.137. The molecule has 3 rings (SSSR count). The monoisotopic (exact) mass is 334 g/mol. The van der Waals surface area contributed by atoms with E-state index in [-0.39, 0.29) is 24.0 Å².